The van der Waals surface area contributed by atoms with Gasteiger partial charge in [-0.2, -0.15) is 11.3 Å². The van der Waals surface area contributed by atoms with Gasteiger partial charge in [0, 0.05) is 21.7 Å². The van der Waals surface area contributed by atoms with Crippen molar-refractivity contribution in [3.05, 3.63) is 70.0 Å². The Morgan fingerprint density at radius 1 is 1.04 bits per heavy atom. The van der Waals surface area contributed by atoms with E-state index in [0.717, 1.165) is 27.2 Å². The number of thiophene rings is 1. The molecule has 0 saturated heterocycles. The van der Waals surface area contributed by atoms with Gasteiger partial charge < -0.3 is 4.74 Å². The molecule has 4 aromatic rings. The summed E-state index contributed by atoms with van der Waals surface area (Å²) in [5.41, 5.74) is 2.93. The fourth-order valence-corrected chi connectivity index (χ4v) is 3.80. The van der Waals surface area contributed by atoms with Gasteiger partial charge in [-0.05, 0) is 23.6 Å². The van der Waals surface area contributed by atoms with E-state index in [1.165, 1.54) is 0 Å². The molecule has 3 heterocycles. The first kappa shape index (κ1) is 15.0. The first-order valence-corrected chi connectivity index (χ1v) is 9.12. The fraction of sp³-hybridized carbons (Fsp3) is 0.0556. The zero-order valence-corrected chi connectivity index (χ0v) is 14.1. The van der Waals surface area contributed by atoms with Crippen molar-refractivity contribution in [2.45, 2.75) is 6.61 Å². The van der Waals surface area contributed by atoms with Crippen LogP contribution in [0.4, 0.5) is 0 Å². The quantitative estimate of drug-likeness (QED) is 0.496. The lowest BCUT2D eigenvalue weighted by atomic mass is 10.2. The van der Waals surface area contributed by atoms with Gasteiger partial charge in [0.2, 0.25) is 0 Å². The van der Waals surface area contributed by atoms with E-state index in [1.807, 2.05) is 52.5 Å². The molecule has 0 saturated carbocycles. The lowest BCUT2D eigenvalue weighted by molar-refractivity contribution is 0.0462. The SMILES string of the molecule is O=C(OCc1csc(-c2ccsc2)n1)c1ccc2ccccc2n1. The molecule has 4 nitrogen and oxygen atoms in total. The Labute approximate surface area is 146 Å². The molecule has 0 aliphatic heterocycles. The average Bonchev–Trinajstić information content (AvgIpc) is 3.30. The smallest absolute Gasteiger partial charge is 0.357 e. The van der Waals surface area contributed by atoms with Gasteiger partial charge >= 0.3 is 5.97 Å². The molecular weight excluding hydrogens is 340 g/mol. The summed E-state index contributed by atoms with van der Waals surface area (Å²) in [6, 6.07) is 13.2. The summed E-state index contributed by atoms with van der Waals surface area (Å²) < 4.78 is 5.34. The number of thiazole rings is 1. The number of fused-ring (bicyclic) bond motifs is 1. The molecule has 0 bridgehead atoms. The number of hydrogen-bond donors (Lipinski definition) is 0. The molecule has 0 N–H and O–H groups in total. The highest BCUT2D eigenvalue weighted by Gasteiger charge is 2.12. The normalized spacial score (nSPS) is 10.8. The molecule has 24 heavy (non-hydrogen) atoms. The van der Waals surface area contributed by atoms with Crippen LogP contribution in [-0.4, -0.2) is 15.9 Å². The highest BCUT2D eigenvalue weighted by Crippen LogP contribution is 2.26. The van der Waals surface area contributed by atoms with Crippen LogP contribution in [0.3, 0.4) is 0 Å². The number of esters is 1. The number of hydrogen-bond acceptors (Lipinski definition) is 6. The summed E-state index contributed by atoms with van der Waals surface area (Å²) in [6.45, 7) is 0.147. The molecule has 118 valence electrons. The van der Waals surface area contributed by atoms with Crippen molar-refractivity contribution in [1.82, 2.24) is 9.97 Å². The third-order valence-corrected chi connectivity index (χ3v) is 5.10. The van der Waals surface area contributed by atoms with Crippen LogP contribution in [0, 0.1) is 0 Å². The number of pyridine rings is 1. The van der Waals surface area contributed by atoms with Gasteiger partial charge in [-0.3, -0.25) is 0 Å². The minimum absolute atomic E-state index is 0.147. The van der Waals surface area contributed by atoms with Crippen LogP contribution in [-0.2, 0) is 11.3 Å². The van der Waals surface area contributed by atoms with E-state index in [9.17, 15) is 4.79 Å². The summed E-state index contributed by atoms with van der Waals surface area (Å²) >= 11 is 3.18. The van der Waals surface area contributed by atoms with Gasteiger partial charge in [-0.1, -0.05) is 24.3 Å². The summed E-state index contributed by atoms with van der Waals surface area (Å²) in [7, 11) is 0. The van der Waals surface area contributed by atoms with Crippen molar-refractivity contribution in [1.29, 1.82) is 0 Å². The van der Waals surface area contributed by atoms with Gasteiger partial charge in [-0.25, -0.2) is 14.8 Å². The second-order valence-electron chi connectivity index (χ2n) is 5.12. The molecule has 0 unspecified atom stereocenters. The maximum absolute atomic E-state index is 12.2. The van der Waals surface area contributed by atoms with Crippen LogP contribution < -0.4 is 0 Å². The second-order valence-corrected chi connectivity index (χ2v) is 6.76. The van der Waals surface area contributed by atoms with Gasteiger partial charge in [0.15, 0.2) is 0 Å². The number of nitrogens with zero attached hydrogens (tertiary/aromatic N) is 2. The van der Waals surface area contributed by atoms with Crippen molar-refractivity contribution >= 4 is 39.5 Å². The molecule has 4 rings (SSSR count). The van der Waals surface area contributed by atoms with Crippen molar-refractivity contribution in [3.8, 4) is 10.6 Å². The number of benzene rings is 1. The first-order chi connectivity index (χ1) is 11.8. The molecule has 0 radical (unpaired) electrons. The second kappa shape index (κ2) is 6.51. The molecule has 0 amide bonds. The Morgan fingerprint density at radius 3 is 2.83 bits per heavy atom. The molecule has 1 aromatic carbocycles. The predicted molar refractivity (Wildman–Crippen MR) is 96.3 cm³/mol. The van der Waals surface area contributed by atoms with Crippen molar-refractivity contribution in [2.24, 2.45) is 0 Å². The van der Waals surface area contributed by atoms with Crippen LogP contribution in [0.25, 0.3) is 21.5 Å². The third-order valence-electron chi connectivity index (χ3n) is 3.48. The topological polar surface area (TPSA) is 52.1 Å². The summed E-state index contributed by atoms with van der Waals surface area (Å²) in [4.78, 5) is 21.0. The van der Waals surface area contributed by atoms with Crippen LogP contribution in [0.1, 0.15) is 16.2 Å². The van der Waals surface area contributed by atoms with Gasteiger partial charge in [0.05, 0.1) is 11.2 Å². The van der Waals surface area contributed by atoms with Gasteiger partial charge in [0.25, 0.3) is 0 Å². The van der Waals surface area contributed by atoms with Crippen LogP contribution >= 0.6 is 22.7 Å². The van der Waals surface area contributed by atoms with E-state index >= 15 is 0 Å². The molecule has 3 aromatic heterocycles. The minimum atomic E-state index is -0.439. The largest absolute Gasteiger partial charge is 0.454 e. The van der Waals surface area contributed by atoms with Crippen molar-refractivity contribution in [3.63, 3.8) is 0 Å². The maximum atomic E-state index is 12.2. The van der Waals surface area contributed by atoms with Crippen molar-refractivity contribution in [2.75, 3.05) is 0 Å². The molecule has 0 spiro atoms. The number of aromatic nitrogens is 2. The van der Waals surface area contributed by atoms with Crippen LogP contribution in [0.5, 0.6) is 0 Å². The highest BCUT2D eigenvalue weighted by atomic mass is 32.1. The number of rotatable bonds is 4. The average molecular weight is 352 g/mol. The zero-order valence-electron chi connectivity index (χ0n) is 12.5. The lowest BCUT2D eigenvalue weighted by Gasteiger charge is -2.03. The van der Waals surface area contributed by atoms with Crippen molar-refractivity contribution < 1.29 is 9.53 Å². The molecular formula is C18H12N2O2S2. The summed E-state index contributed by atoms with van der Waals surface area (Å²) in [6.07, 6.45) is 0. The Morgan fingerprint density at radius 2 is 1.96 bits per heavy atom. The van der Waals surface area contributed by atoms with E-state index in [1.54, 1.807) is 28.7 Å². The first-order valence-electron chi connectivity index (χ1n) is 7.29. The minimum Gasteiger partial charge on any atom is -0.454 e. The standard InChI is InChI=1S/C18H12N2O2S2/c21-18(16-6-5-12-3-1-2-4-15(12)20-16)22-9-14-11-24-17(19-14)13-7-8-23-10-13/h1-8,10-11H,9H2. The Balaban J connectivity index is 1.46. The predicted octanol–water partition coefficient (Wildman–Crippen LogP) is 4.78. The van der Waals surface area contributed by atoms with Crippen LogP contribution in [0.2, 0.25) is 0 Å². The zero-order chi connectivity index (χ0) is 16.4. The number of ether oxygens (including phenoxy) is 1. The van der Waals surface area contributed by atoms with E-state index in [4.69, 9.17) is 4.74 Å². The third kappa shape index (κ3) is 3.06. The van der Waals surface area contributed by atoms with E-state index in [-0.39, 0.29) is 6.61 Å². The van der Waals surface area contributed by atoms with Gasteiger partial charge in [-0.15, -0.1) is 11.3 Å². The molecule has 0 aliphatic carbocycles. The highest BCUT2D eigenvalue weighted by molar-refractivity contribution is 7.14. The van der Waals surface area contributed by atoms with Crippen LogP contribution in [0.15, 0.2) is 58.6 Å². The molecule has 6 heteroatoms. The Hall–Kier alpha value is -2.57. The maximum Gasteiger partial charge on any atom is 0.357 e. The Bertz CT molecular complexity index is 993. The Kier molecular flexibility index (Phi) is 4.06. The summed E-state index contributed by atoms with van der Waals surface area (Å²) in [5, 5.41) is 7.91. The number of para-hydroxylation sites is 1. The lowest BCUT2D eigenvalue weighted by Crippen LogP contribution is -2.07. The molecule has 0 aliphatic rings. The van der Waals surface area contributed by atoms with Gasteiger partial charge in [0.1, 0.15) is 17.3 Å². The monoisotopic (exact) mass is 352 g/mol. The number of carbonyl (C=O) groups excluding carboxylic acids is 1. The fourth-order valence-electron chi connectivity index (χ4n) is 2.29. The molecule has 0 fully saturated rings. The molecule has 0 atom stereocenters. The van der Waals surface area contributed by atoms with E-state index < -0.39 is 5.97 Å². The summed E-state index contributed by atoms with van der Waals surface area (Å²) in [5.74, 6) is -0.439. The number of carbonyl (C=O) groups is 1. The van der Waals surface area contributed by atoms with E-state index in [0.29, 0.717) is 5.69 Å². The van der Waals surface area contributed by atoms with E-state index in [2.05, 4.69) is 9.97 Å².